The van der Waals surface area contributed by atoms with Gasteiger partial charge >= 0.3 is 0 Å². The van der Waals surface area contributed by atoms with Crippen molar-refractivity contribution in [1.82, 2.24) is 10.2 Å². The van der Waals surface area contributed by atoms with Crippen molar-refractivity contribution in [1.29, 1.82) is 0 Å². The number of hydrogen-bond donors (Lipinski definition) is 1. The minimum atomic E-state index is 0.180. The molecule has 1 amide bonds. The van der Waals surface area contributed by atoms with E-state index in [9.17, 15) is 4.79 Å². The Balaban J connectivity index is 1.78. The summed E-state index contributed by atoms with van der Waals surface area (Å²) in [4.78, 5) is 14.5. The lowest BCUT2D eigenvalue weighted by Gasteiger charge is -2.23. The predicted molar refractivity (Wildman–Crippen MR) is 77.7 cm³/mol. The Morgan fingerprint density at radius 1 is 1.45 bits per heavy atom. The summed E-state index contributed by atoms with van der Waals surface area (Å²) in [7, 11) is 1.68. The molecule has 1 aromatic rings. The molecule has 4 nitrogen and oxygen atoms in total. The molecule has 2 atom stereocenters. The van der Waals surface area contributed by atoms with E-state index in [-0.39, 0.29) is 5.92 Å². The average Bonchev–Trinajstić information content (AvgIpc) is 2.76. The second-order valence-corrected chi connectivity index (χ2v) is 5.84. The highest BCUT2D eigenvalue weighted by molar-refractivity contribution is 5.82. The predicted octanol–water partition coefficient (Wildman–Crippen LogP) is 1.71. The van der Waals surface area contributed by atoms with Gasteiger partial charge in [0.1, 0.15) is 5.75 Å². The van der Waals surface area contributed by atoms with Gasteiger partial charge in [-0.15, -0.1) is 0 Å². The lowest BCUT2D eigenvalue weighted by molar-refractivity contribution is -0.131. The highest BCUT2D eigenvalue weighted by Gasteiger charge is 2.41. The third kappa shape index (κ3) is 2.40. The van der Waals surface area contributed by atoms with Gasteiger partial charge in [0.15, 0.2) is 0 Å². The van der Waals surface area contributed by atoms with Gasteiger partial charge in [-0.3, -0.25) is 4.79 Å². The maximum atomic E-state index is 12.5. The van der Waals surface area contributed by atoms with Gasteiger partial charge in [0.2, 0.25) is 5.91 Å². The van der Waals surface area contributed by atoms with Crippen LogP contribution >= 0.6 is 0 Å². The molecule has 1 aromatic carbocycles. The molecule has 2 aliphatic heterocycles. The lowest BCUT2D eigenvalue weighted by Crippen LogP contribution is -2.41. The molecule has 1 N–H and O–H groups in total. The largest absolute Gasteiger partial charge is 0.496 e. The number of aryl methyl sites for hydroxylation is 1. The topological polar surface area (TPSA) is 41.6 Å². The van der Waals surface area contributed by atoms with Gasteiger partial charge in [0.25, 0.3) is 0 Å². The van der Waals surface area contributed by atoms with Crippen molar-refractivity contribution in [2.24, 2.45) is 5.92 Å². The molecule has 108 valence electrons. The molecule has 0 aliphatic carbocycles. The van der Waals surface area contributed by atoms with E-state index in [0.717, 1.165) is 37.2 Å². The second-order valence-electron chi connectivity index (χ2n) is 5.84. The summed E-state index contributed by atoms with van der Waals surface area (Å²) in [6.45, 7) is 4.57. The van der Waals surface area contributed by atoms with Crippen molar-refractivity contribution in [3.8, 4) is 5.75 Å². The first-order valence-corrected chi connectivity index (χ1v) is 7.34. The Morgan fingerprint density at radius 2 is 2.30 bits per heavy atom. The average molecular weight is 274 g/mol. The van der Waals surface area contributed by atoms with Crippen LogP contribution in [0.1, 0.15) is 24.0 Å². The van der Waals surface area contributed by atoms with Crippen LogP contribution in [0.25, 0.3) is 0 Å². The van der Waals surface area contributed by atoms with Crippen molar-refractivity contribution in [2.75, 3.05) is 20.2 Å². The number of nitrogens with zero attached hydrogens (tertiary/aromatic N) is 1. The van der Waals surface area contributed by atoms with E-state index < -0.39 is 0 Å². The normalized spacial score (nSPS) is 25.7. The monoisotopic (exact) mass is 274 g/mol. The van der Waals surface area contributed by atoms with Gasteiger partial charge in [-0.25, -0.2) is 0 Å². The molecule has 0 aromatic heterocycles. The number of carbonyl (C=O) groups is 1. The number of nitrogens with one attached hydrogen (secondary N) is 1. The van der Waals surface area contributed by atoms with E-state index in [1.165, 1.54) is 5.56 Å². The lowest BCUT2D eigenvalue weighted by atomic mass is 9.94. The second kappa shape index (κ2) is 5.44. The molecule has 0 saturated carbocycles. The molecular formula is C16H22N2O2. The number of hydrogen-bond acceptors (Lipinski definition) is 3. The zero-order valence-corrected chi connectivity index (χ0v) is 12.2. The number of likely N-dealkylation sites (tertiary alicyclic amines) is 1. The number of piperidine rings is 1. The third-order valence-corrected chi connectivity index (χ3v) is 4.43. The summed E-state index contributed by atoms with van der Waals surface area (Å²) in [6.07, 6.45) is 2.13. The number of carbonyl (C=O) groups excluding carboxylic acids is 1. The van der Waals surface area contributed by atoms with Crippen molar-refractivity contribution >= 4 is 5.91 Å². The van der Waals surface area contributed by atoms with E-state index in [4.69, 9.17) is 4.74 Å². The number of methoxy groups -OCH3 is 1. The van der Waals surface area contributed by atoms with Crippen LogP contribution in [0.2, 0.25) is 0 Å². The Bertz CT molecular complexity index is 515. The fourth-order valence-electron chi connectivity index (χ4n) is 3.38. The highest BCUT2D eigenvalue weighted by atomic mass is 16.5. The third-order valence-electron chi connectivity index (χ3n) is 4.43. The van der Waals surface area contributed by atoms with Crippen LogP contribution in [0.4, 0.5) is 0 Å². The van der Waals surface area contributed by atoms with Crippen molar-refractivity contribution in [3.63, 3.8) is 0 Å². The fourth-order valence-corrected chi connectivity index (χ4v) is 3.38. The molecule has 2 heterocycles. The van der Waals surface area contributed by atoms with E-state index in [1.54, 1.807) is 7.11 Å². The first kappa shape index (κ1) is 13.4. The molecule has 0 spiro atoms. The molecular weight excluding hydrogens is 252 g/mol. The Hall–Kier alpha value is -1.55. The summed E-state index contributed by atoms with van der Waals surface area (Å²) in [6, 6.07) is 6.47. The van der Waals surface area contributed by atoms with Gasteiger partial charge in [-0.2, -0.15) is 0 Å². The maximum absolute atomic E-state index is 12.5. The first-order valence-electron chi connectivity index (χ1n) is 7.34. The van der Waals surface area contributed by atoms with Crippen LogP contribution in [0.3, 0.4) is 0 Å². The van der Waals surface area contributed by atoms with Gasteiger partial charge in [0.05, 0.1) is 13.0 Å². The highest BCUT2D eigenvalue weighted by Crippen LogP contribution is 2.29. The SMILES string of the molecule is COc1ccc(C)cc1CN1CC2NCCCC2C1=O. The standard InChI is InChI=1S/C16H22N2O2/c1-11-5-6-15(20-2)12(8-11)9-18-10-14-13(16(18)19)4-3-7-17-14/h5-6,8,13-14,17H,3-4,7,9-10H2,1-2H3. The molecule has 0 radical (unpaired) electrons. The summed E-state index contributed by atoms with van der Waals surface area (Å²) in [5, 5.41) is 3.47. The Labute approximate surface area is 120 Å². The zero-order chi connectivity index (χ0) is 14.1. The number of amides is 1. The number of benzene rings is 1. The molecule has 2 fully saturated rings. The van der Waals surface area contributed by atoms with Gasteiger partial charge in [0, 0.05) is 24.7 Å². The minimum absolute atomic E-state index is 0.180. The number of fused-ring (bicyclic) bond motifs is 1. The first-order chi connectivity index (χ1) is 9.69. The summed E-state index contributed by atoms with van der Waals surface area (Å²) >= 11 is 0. The number of ether oxygens (including phenoxy) is 1. The quantitative estimate of drug-likeness (QED) is 0.912. The van der Waals surface area contributed by atoms with E-state index in [1.807, 2.05) is 17.0 Å². The van der Waals surface area contributed by atoms with Gasteiger partial charge in [-0.1, -0.05) is 17.7 Å². The van der Waals surface area contributed by atoms with Crippen LogP contribution < -0.4 is 10.1 Å². The van der Waals surface area contributed by atoms with Crippen molar-refractivity contribution < 1.29 is 9.53 Å². The van der Waals surface area contributed by atoms with Crippen molar-refractivity contribution in [3.05, 3.63) is 29.3 Å². The summed E-state index contributed by atoms with van der Waals surface area (Å²) < 4.78 is 5.41. The van der Waals surface area contributed by atoms with E-state index in [0.29, 0.717) is 18.5 Å². The van der Waals surface area contributed by atoms with E-state index in [2.05, 4.69) is 18.3 Å². The molecule has 4 heteroatoms. The van der Waals surface area contributed by atoms with Gasteiger partial charge < -0.3 is 15.0 Å². The van der Waals surface area contributed by atoms with E-state index >= 15 is 0 Å². The Kier molecular flexibility index (Phi) is 3.66. The Morgan fingerprint density at radius 3 is 3.05 bits per heavy atom. The fraction of sp³-hybridized carbons (Fsp3) is 0.562. The molecule has 2 unspecified atom stereocenters. The van der Waals surface area contributed by atoms with Crippen LogP contribution in [-0.4, -0.2) is 37.0 Å². The zero-order valence-electron chi connectivity index (χ0n) is 12.2. The summed E-state index contributed by atoms with van der Waals surface area (Å²) in [5.41, 5.74) is 2.29. The molecule has 0 bridgehead atoms. The molecule has 2 saturated heterocycles. The maximum Gasteiger partial charge on any atom is 0.227 e. The van der Waals surface area contributed by atoms with Gasteiger partial charge in [-0.05, 0) is 32.4 Å². The van der Waals surface area contributed by atoms with Crippen LogP contribution in [0.15, 0.2) is 18.2 Å². The molecule has 3 rings (SSSR count). The van der Waals surface area contributed by atoms with Crippen molar-refractivity contribution in [2.45, 2.75) is 32.4 Å². The van der Waals surface area contributed by atoms with Crippen LogP contribution in [0, 0.1) is 12.8 Å². The smallest absolute Gasteiger partial charge is 0.227 e. The minimum Gasteiger partial charge on any atom is -0.496 e. The van der Waals surface area contributed by atoms with Crippen LogP contribution in [-0.2, 0) is 11.3 Å². The number of rotatable bonds is 3. The molecule has 2 aliphatic rings. The molecule has 20 heavy (non-hydrogen) atoms. The summed E-state index contributed by atoms with van der Waals surface area (Å²) in [5.74, 6) is 1.34. The van der Waals surface area contributed by atoms with Crippen LogP contribution in [0.5, 0.6) is 5.75 Å².